The van der Waals surface area contributed by atoms with Gasteiger partial charge in [-0.3, -0.25) is 0 Å². The summed E-state index contributed by atoms with van der Waals surface area (Å²) in [6.07, 6.45) is 1.84. The molecular weight excluding hydrogens is 220 g/mol. The quantitative estimate of drug-likeness (QED) is 0.806. The Morgan fingerprint density at radius 3 is 2.53 bits per heavy atom. The van der Waals surface area contributed by atoms with Gasteiger partial charge < -0.3 is 14.6 Å². The van der Waals surface area contributed by atoms with Gasteiger partial charge in [0.05, 0.1) is 14.2 Å². The normalized spacial score (nSPS) is 15.2. The van der Waals surface area contributed by atoms with Gasteiger partial charge in [0.15, 0.2) is 6.10 Å². The van der Waals surface area contributed by atoms with E-state index in [4.69, 9.17) is 4.74 Å². The van der Waals surface area contributed by atoms with Crippen LogP contribution in [0.2, 0.25) is 0 Å². The van der Waals surface area contributed by atoms with Gasteiger partial charge in [-0.25, -0.2) is 4.79 Å². The summed E-state index contributed by atoms with van der Waals surface area (Å²) in [5, 5.41) is 9.88. The molecule has 1 unspecified atom stereocenters. The minimum Gasteiger partial charge on any atom is -0.496 e. The molecule has 0 aromatic heterocycles. The molecule has 17 heavy (non-hydrogen) atoms. The van der Waals surface area contributed by atoms with Gasteiger partial charge in [0.1, 0.15) is 5.75 Å². The van der Waals surface area contributed by atoms with E-state index < -0.39 is 12.1 Å². The molecule has 1 aliphatic rings. The first-order valence-electron chi connectivity index (χ1n) is 5.63. The average Bonchev–Trinajstić information content (AvgIpc) is 2.82. The molecule has 1 aliphatic carbocycles. The molecule has 4 nitrogen and oxygen atoms in total. The van der Waals surface area contributed by atoms with Gasteiger partial charge in [0.2, 0.25) is 0 Å². The van der Waals surface area contributed by atoms with Crippen molar-refractivity contribution < 1.29 is 19.4 Å². The van der Waals surface area contributed by atoms with E-state index in [9.17, 15) is 9.90 Å². The fourth-order valence-electron chi connectivity index (χ4n) is 2.25. The molecule has 1 aromatic rings. The van der Waals surface area contributed by atoms with Crippen LogP contribution in [0.1, 0.15) is 29.2 Å². The summed E-state index contributed by atoms with van der Waals surface area (Å²) in [5.41, 5.74) is 2.91. The van der Waals surface area contributed by atoms with Crippen LogP contribution in [0.15, 0.2) is 12.1 Å². The Kier molecular flexibility index (Phi) is 3.33. The van der Waals surface area contributed by atoms with Gasteiger partial charge in [-0.15, -0.1) is 0 Å². The average molecular weight is 236 g/mol. The predicted molar refractivity (Wildman–Crippen MR) is 62.0 cm³/mol. The highest BCUT2D eigenvalue weighted by Crippen LogP contribution is 2.33. The van der Waals surface area contributed by atoms with E-state index in [2.05, 4.69) is 4.74 Å². The highest BCUT2D eigenvalue weighted by molar-refractivity contribution is 5.77. The summed E-state index contributed by atoms with van der Waals surface area (Å²) >= 11 is 0. The SMILES string of the molecule is COC(=O)C(O)c1cc2c(cc1OC)CCC2. The second-order valence-electron chi connectivity index (χ2n) is 4.14. The second kappa shape index (κ2) is 4.75. The third-order valence-corrected chi connectivity index (χ3v) is 3.16. The molecule has 0 saturated carbocycles. The van der Waals surface area contributed by atoms with E-state index in [1.807, 2.05) is 12.1 Å². The lowest BCUT2D eigenvalue weighted by Crippen LogP contribution is -2.14. The van der Waals surface area contributed by atoms with Crippen molar-refractivity contribution in [2.24, 2.45) is 0 Å². The number of carbonyl (C=O) groups is 1. The number of hydrogen-bond acceptors (Lipinski definition) is 4. The summed E-state index contributed by atoms with van der Waals surface area (Å²) in [6.45, 7) is 0. The first-order valence-corrected chi connectivity index (χ1v) is 5.63. The molecular formula is C13H16O4. The minimum atomic E-state index is -1.28. The van der Waals surface area contributed by atoms with E-state index in [1.165, 1.54) is 25.3 Å². The van der Waals surface area contributed by atoms with Crippen molar-refractivity contribution >= 4 is 5.97 Å². The second-order valence-corrected chi connectivity index (χ2v) is 4.14. The molecule has 92 valence electrons. The lowest BCUT2D eigenvalue weighted by Gasteiger charge is -2.15. The molecule has 0 bridgehead atoms. The van der Waals surface area contributed by atoms with E-state index in [0.29, 0.717) is 11.3 Å². The number of benzene rings is 1. The van der Waals surface area contributed by atoms with Gasteiger partial charge >= 0.3 is 5.97 Å². The van der Waals surface area contributed by atoms with Gasteiger partial charge in [-0.2, -0.15) is 0 Å². The number of fused-ring (bicyclic) bond motifs is 1. The molecule has 0 radical (unpaired) electrons. The third kappa shape index (κ3) is 2.13. The van der Waals surface area contributed by atoms with Crippen LogP contribution < -0.4 is 4.74 Å². The number of aliphatic hydroxyl groups excluding tert-OH is 1. The van der Waals surface area contributed by atoms with Crippen molar-refractivity contribution in [3.05, 3.63) is 28.8 Å². The number of esters is 1. The van der Waals surface area contributed by atoms with Crippen LogP contribution in [0.25, 0.3) is 0 Å². The first-order chi connectivity index (χ1) is 8.17. The zero-order valence-corrected chi connectivity index (χ0v) is 10.0. The van der Waals surface area contributed by atoms with Gasteiger partial charge in [-0.05, 0) is 42.5 Å². The Labute approximate surface area is 100 Å². The van der Waals surface area contributed by atoms with Crippen LogP contribution >= 0.6 is 0 Å². The van der Waals surface area contributed by atoms with Crippen molar-refractivity contribution in [3.63, 3.8) is 0 Å². The molecule has 1 aromatic carbocycles. The molecule has 0 fully saturated rings. The number of ether oxygens (including phenoxy) is 2. The van der Waals surface area contributed by atoms with Crippen molar-refractivity contribution in [1.29, 1.82) is 0 Å². The first kappa shape index (κ1) is 11.9. The number of aryl methyl sites for hydroxylation is 2. The number of aliphatic hydroxyl groups is 1. The van der Waals surface area contributed by atoms with Crippen LogP contribution in [0.3, 0.4) is 0 Å². The molecule has 0 spiro atoms. The zero-order chi connectivity index (χ0) is 12.4. The Morgan fingerprint density at radius 1 is 1.29 bits per heavy atom. The maximum Gasteiger partial charge on any atom is 0.339 e. The Hall–Kier alpha value is -1.55. The summed E-state index contributed by atoms with van der Waals surface area (Å²) < 4.78 is 9.76. The molecule has 0 saturated heterocycles. The van der Waals surface area contributed by atoms with E-state index in [0.717, 1.165) is 19.3 Å². The topological polar surface area (TPSA) is 55.8 Å². The predicted octanol–water partition coefficient (Wildman–Crippen LogP) is 1.39. The third-order valence-electron chi connectivity index (χ3n) is 3.16. The van der Waals surface area contributed by atoms with E-state index in [1.54, 1.807) is 0 Å². The van der Waals surface area contributed by atoms with Crippen molar-refractivity contribution in [1.82, 2.24) is 0 Å². The highest BCUT2D eigenvalue weighted by Gasteiger charge is 2.24. The largest absolute Gasteiger partial charge is 0.496 e. The minimum absolute atomic E-state index is 0.486. The summed E-state index contributed by atoms with van der Waals surface area (Å²) in [7, 11) is 2.79. The Morgan fingerprint density at radius 2 is 1.94 bits per heavy atom. The van der Waals surface area contributed by atoms with Crippen molar-refractivity contribution in [2.75, 3.05) is 14.2 Å². The van der Waals surface area contributed by atoms with E-state index in [-0.39, 0.29) is 0 Å². The summed E-state index contributed by atoms with van der Waals surface area (Å²) in [5.74, 6) is -0.121. The smallest absolute Gasteiger partial charge is 0.339 e. The molecule has 0 amide bonds. The standard InChI is InChI=1S/C13H16O4/c1-16-11-7-9-5-3-4-8(9)6-10(11)12(14)13(15)17-2/h6-7,12,14H,3-5H2,1-2H3. The molecule has 0 heterocycles. The molecule has 2 rings (SSSR count). The number of methoxy groups -OCH3 is 2. The Balaban J connectivity index is 2.42. The Bertz CT molecular complexity index is 439. The van der Waals surface area contributed by atoms with Crippen LogP contribution in [0.5, 0.6) is 5.75 Å². The monoisotopic (exact) mass is 236 g/mol. The van der Waals surface area contributed by atoms with Crippen molar-refractivity contribution in [2.45, 2.75) is 25.4 Å². The maximum atomic E-state index is 11.4. The molecule has 0 aliphatic heterocycles. The fraction of sp³-hybridized carbons (Fsp3) is 0.462. The lowest BCUT2D eigenvalue weighted by molar-refractivity contribution is -0.150. The van der Waals surface area contributed by atoms with Crippen LogP contribution in [-0.2, 0) is 22.4 Å². The van der Waals surface area contributed by atoms with Gasteiger partial charge in [-0.1, -0.05) is 0 Å². The lowest BCUT2D eigenvalue weighted by atomic mass is 10.0. The fourth-order valence-corrected chi connectivity index (χ4v) is 2.25. The number of carbonyl (C=O) groups excluding carboxylic acids is 1. The molecule has 1 N–H and O–H groups in total. The van der Waals surface area contributed by atoms with Crippen molar-refractivity contribution in [3.8, 4) is 5.75 Å². The summed E-state index contributed by atoms with van der Waals surface area (Å²) in [4.78, 5) is 11.4. The number of hydrogen-bond donors (Lipinski definition) is 1. The number of rotatable bonds is 3. The van der Waals surface area contributed by atoms with Gasteiger partial charge in [0.25, 0.3) is 0 Å². The van der Waals surface area contributed by atoms with Crippen LogP contribution in [0, 0.1) is 0 Å². The maximum absolute atomic E-state index is 11.4. The van der Waals surface area contributed by atoms with E-state index >= 15 is 0 Å². The molecule has 4 heteroatoms. The highest BCUT2D eigenvalue weighted by atomic mass is 16.5. The van der Waals surface area contributed by atoms with Gasteiger partial charge in [0, 0.05) is 5.56 Å². The van der Waals surface area contributed by atoms with Crippen LogP contribution in [0.4, 0.5) is 0 Å². The van der Waals surface area contributed by atoms with Crippen LogP contribution in [-0.4, -0.2) is 25.3 Å². The molecule has 1 atom stereocenters. The zero-order valence-electron chi connectivity index (χ0n) is 10.0. The summed E-state index contributed by atoms with van der Waals surface area (Å²) in [6, 6.07) is 3.76.